The molecular weight excluding hydrogens is 289 g/mol. The van der Waals surface area contributed by atoms with Crippen molar-refractivity contribution in [1.82, 2.24) is 10.3 Å². The number of anilines is 1. The van der Waals surface area contributed by atoms with Crippen molar-refractivity contribution in [2.45, 2.75) is 12.8 Å². The predicted octanol–water partition coefficient (Wildman–Crippen LogP) is 2.42. The van der Waals surface area contributed by atoms with Crippen LogP contribution in [0, 0.1) is 11.7 Å². The van der Waals surface area contributed by atoms with E-state index in [2.05, 4.69) is 15.6 Å². The van der Waals surface area contributed by atoms with Gasteiger partial charge in [0.2, 0.25) is 5.91 Å². The van der Waals surface area contributed by atoms with E-state index in [1.165, 1.54) is 17.4 Å². The molecule has 2 heterocycles. The first-order valence-corrected chi connectivity index (χ1v) is 7.74. The maximum Gasteiger partial charge on any atom is 0.230 e. The fourth-order valence-electron chi connectivity index (χ4n) is 2.36. The highest BCUT2D eigenvalue weighted by molar-refractivity contribution is 7.15. The summed E-state index contributed by atoms with van der Waals surface area (Å²) in [5, 5.41) is 6.58. The Morgan fingerprint density at radius 2 is 2.33 bits per heavy atom. The number of hydrogen-bond acceptors (Lipinski definition) is 4. The van der Waals surface area contributed by atoms with Crippen molar-refractivity contribution in [1.29, 1.82) is 0 Å². The van der Waals surface area contributed by atoms with E-state index in [0.29, 0.717) is 17.1 Å². The fourth-order valence-corrected chi connectivity index (χ4v) is 3.20. The number of thiazole rings is 1. The summed E-state index contributed by atoms with van der Waals surface area (Å²) in [6.07, 6.45) is 3.05. The van der Waals surface area contributed by atoms with Crippen molar-refractivity contribution < 1.29 is 9.18 Å². The second-order valence-electron chi connectivity index (χ2n) is 5.08. The lowest BCUT2D eigenvalue weighted by molar-refractivity contribution is -0.119. The van der Waals surface area contributed by atoms with Crippen LogP contribution in [0.2, 0.25) is 0 Å². The zero-order chi connectivity index (χ0) is 14.7. The minimum Gasteiger partial charge on any atom is -0.316 e. The van der Waals surface area contributed by atoms with Gasteiger partial charge in [0.1, 0.15) is 5.82 Å². The zero-order valence-electron chi connectivity index (χ0n) is 11.4. The van der Waals surface area contributed by atoms with Gasteiger partial charge in [0.15, 0.2) is 5.13 Å². The summed E-state index contributed by atoms with van der Waals surface area (Å²) in [5.74, 6) is -0.191. The Balaban J connectivity index is 1.63. The number of hydrogen-bond donors (Lipinski definition) is 2. The molecule has 110 valence electrons. The first-order chi connectivity index (χ1) is 10.2. The molecule has 1 unspecified atom stereocenters. The van der Waals surface area contributed by atoms with Gasteiger partial charge in [-0.25, -0.2) is 9.37 Å². The number of carbonyl (C=O) groups is 1. The first-order valence-electron chi connectivity index (χ1n) is 6.92. The van der Waals surface area contributed by atoms with E-state index in [9.17, 15) is 9.18 Å². The molecular formula is C15H16FN3OS. The van der Waals surface area contributed by atoms with E-state index in [0.717, 1.165) is 24.4 Å². The van der Waals surface area contributed by atoms with Crippen molar-refractivity contribution in [3.8, 4) is 0 Å². The lowest BCUT2D eigenvalue weighted by Crippen LogP contribution is -2.24. The summed E-state index contributed by atoms with van der Waals surface area (Å²) in [7, 11) is 0. The molecule has 21 heavy (non-hydrogen) atoms. The molecule has 0 saturated carbocycles. The molecule has 1 fully saturated rings. The van der Waals surface area contributed by atoms with Gasteiger partial charge in [0.05, 0.1) is 5.92 Å². The van der Waals surface area contributed by atoms with Crippen LogP contribution in [0.3, 0.4) is 0 Å². The maximum absolute atomic E-state index is 13.6. The van der Waals surface area contributed by atoms with E-state index in [1.807, 2.05) is 6.07 Å². The monoisotopic (exact) mass is 305 g/mol. The van der Waals surface area contributed by atoms with Crippen LogP contribution in [-0.4, -0.2) is 24.0 Å². The molecule has 1 aliphatic heterocycles. The number of halogens is 1. The maximum atomic E-state index is 13.6. The molecule has 0 bridgehead atoms. The Hall–Kier alpha value is -1.79. The number of nitrogens with one attached hydrogen (secondary N) is 2. The Bertz CT molecular complexity index is 637. The minimum absolute atomic E-state index is 0.00629. The van der Waals surface area contributed by atoms with Crippen LogP contribution in [0.15, 0.2) is 30.5 Å². The molecule has 1 aromatic carbocycles. The number of nitrogens with zero attached hydrogens (tertiary/aromatic N) is 1. The molecule has 1 aliphatic rings. The van der Waals surface area contributed by atoms with Crippen LogP contribution in [0.5, 0.6) is 0 Å². The molecule has 1 saturated heterocycles. The van der Waals surface area contributed by atoms with Crippen LogP contribution in [0.25, 0.3) is 0 Å². The van der Waals surface area contributed by atoms with Crippen LogP contribution in [0.4, 0.5) is 9.52 Å². The third-order valence-electron chi connectivity index (χ3n) is 3.54. The largest absolute Gasteiger partial charge is 0.316 e. The standard InChI is InChI=1S/C15H16FN3OS/c16-13-4-2-1-3-10(13)7-12-9-18-15(21-12)19-14(20)11-5-6-17-8-11/h1-4,9,11,17H,5-8H2,(H,18,19,20). The quantitative estimate of drug-likeness (QED) is 0.912. The molecule has 0 radical (unpaired) electrons. The minimum atomic E-state index is -0.214. The molecule has 0 aliphatic carbocycles. The van der Waals surface area contributed by atoms with Crippen LogP contribution in [-0.2, 0) is 11.2 Å². The summed E-state index contributed by atoms with van der Waals surface area (Å²) < 4.78 is 13.6. The number of aromatic nitrogens is 1. The highest BCUT2D eigenvalue weighted by atomic mass is 32.1. The predicted molar refractivity (Wildman–Crippen MR) is 80.9 cm³/mol. The van der Waals surface area contributed by atoms with E-state index >= 15 is 0 Å². The Labute approximate surface area is 126 Å². The molecule has 3 rings (SSSR count). The first kappa shape index (κ1) is 14.2. The van der Waals surface area contributed by atoms with E-state index < -0.39 is 0 Å². The summed E-state index contributed by atoms with van der Waals surface area (Å²) >= 11 is 1.39. The third-order valence-corrected chi connectivity index (χ3v) is 4.45. The van der Waals surface area contributed by atoms with E-state index in [-0.39, 0.29) is 17.6 Å². The van der Waals surface area contributed by atoms with Gasteiger partial charge in [-0.3, -0.25) is 4.79 Å². The molecule has 1 aromatic heterocycles. The highest BCUT2D eigenvalue weighted by Gasteiger charge is 2.23. The summed E-state index contributed by atoms with van der Waals surface area (Å²) in [6.45, 7) is 1.60. The number of carbonyl (C=O) groups excluding carboxylic acids is 1. The number of amides is 1. The smallest absolute Gasteiger partial charge is 0.230 e. The molecule has 1 atom stereocenters. The molecule has 2 N–H and O–H groups in total. The number of benzene rings is 1. The third kappa shape index (κ3) is 3.46. The average Bonchev–Trinajstić information content (AvgIpc) is 3.13. The van der Waals surface area contributed by atoms with Crippen molar-refractivity contribution in [3.63, 3.8) is 0 Å². The Morgan fingerprint density at radius 3 is 3.10 bits per heavy atom. The topological polar surface area (TPSA) is 54.0 Å². The van der Waals surface area contributed by atoms with Gasteiger partial charge in [-0.2, -0.15) is 0 Å². The van der Waals surface area contributed by atoms with Gasteiger partial charge in [-0.05, 0) is 24.6 Å². The second-order valence-corrected chi connectivity index (χ2v) is 6.19. The van der Waals surface area contributed by atoms with Gasteiger partial charge in [0.25, 0.3) is 0 Å². The van der Waals surface area contributed by atoms with Gasteiger partial charge < -0.3 is 10.6 Å². The average molecular weight is 305 g/mol. The van der Waals surface area contributed by atoms with Crippen LogP contribution < -0.4 is 10.6 Å². The summed E-state index contributed by atoms with van der Waals surface area (Å²) in [6, 6.07) is 6.70. The van der Waals surface area contributed by atoms with E-state index in [1.54, 1.807) is 18.3 Å². The lowest BCUT2D eigenvalue weighted by Gasteiger charge is -2.06. The number of rotatable bonds is 4. The van der Waals surface area contributed by atoms with Crippen molar-refractivity contribution in [2.75, 3.05) is 18.4 Å². The normalized spacial score (nSPS) is 17.9. The highest BCUT2D eigenvalue weighted by Crippen LogP contribution is 2.23. The van der Waals surface area contributed by atoms with Crippen LogP contribution >= 0.6 is 11.3 Å². The fraction of sp³-hybridized carbons (Fsp3) is 0.333. The summed E-state index contributed by atoms with van der Waals surface area (Å²) in [4.78, 5) is 17.1. The molecule has 4 nitrogen and oxygen atoms in total. The SMILES string of the molecule is O=C(Nc1ncc(Cc2ccccc2F)s1)C1CCNC1. The zero-order valence-corrected chi connectivity index (χ0v) is 12.3. The van der Waals surface area contributed by atoms with Crippen molar-refractivity contribution >= 4 is 22.4 Å². The molecule has 0 spiro atoms. The van der Waals surface area contributed by atoms with Crippen molar-refractivity contribution in [3.05, 3.63) is 46.7 Å². The van der Waals surface area contributed by atoms with E-state index in [4.69, 9.17) is 0 Å². The van der Waals surface area contributed by atoms with Crippen molar-refractivity contribution in [2.24, 2.45) is 5.92 Å². The Morgan fingerprint density at radius 1 is 1.48 bits per heavy atom. The lowest BCUT2D eigenvalue weighted by atomic mass is 10.1. The summed E-state index contributed by atoms with van der Waals surface area (Å²) in [5.41, 5.74) is 0.638. The van der Waals surface area contributed by atoms with Crippen LogP contribution in [0.1, 0.15) is 16.9 Å². The second kappa shape index (κ2) is 6.32. The Kier molecular flexibility index (Phi) is 4.26. The van der Waals surface area contributed by atoms with Gasteiger partial charge in [-0.1, -0.05) is 18.2 Å². The molecule has 6 heteroatoms. The molecule has 2 aromatic rings. The van der Waals surface area contributed by atoms with Gasteiger partial charge in [0, 0.05) is 24.0 Å². The van der Waals surface area contributed by atoms with Gasteiger partial charge >= 0.3 is 0 Å². The van der Waals surface area contributed by atoms with Gasteiger partial charge in [-0.15, -0.1) is 11.3 Å². The molecule has 1 amide bonds.